The minimum atomic E-state index is -0.416. The van der Waals surface area contributed by atoms with Gasteiger partial charge in [0.05, 0.1) is 23.6 Å². The van der Waals surface area contributed by atoms with Crippen LogP contribution in [0.1, 0.15) is 61.9 Å². The third kappa shape index (κ3) is 3.20. The zero-order valence-electron chi connectivity index (χ0n) is 18.2. The van der Waals surface area contributed by atoms with Crippen LogP contribution in [0.3, 0.4) is 0 Å². The van der Waals surface area contributed by atoms with E-state index in [9.17, 15) is 14.4 Å². The average molecular weight is 439 g/mol. The van der Waals surface area contributed by atoms with E-state index in [0.717, 1.165) is 0 Å². The molecule has 0 aliphatic heterocycles. The molecule has 1 aliphatic rings. The lowest BCUT2D eigenvalue weighted by Crippen LogP contribution is -2.24. The Kier molecular flexibility index (Phi) is 5.01. The molecule has 4 aromatic rings. The van der Waals surface area contributed by atoms with Crippen LogP contribution >= 0.6 is 0 Å². The molecule has 7 nitrogen and oxygen atoms in total. The summed E-state index contributed by atoms with van der Waals surface area (Å²) in [6, 6.07) is 15.2. The third-order valence-corrected chi connectivity index (χ3v) is 5.74. The molecule has 0 bridgehead atoms. The fourth-order valence-electron chi connectivity index (χ4n) is 4.28. The van der Waals surface area contributed by atoms with Crippen LogP contribution in [0, 0.1) is 0 Å². The Morgan fingerprint density at radius 3 is 2.39 bits per heavy atom. The number of imidazole rings is 1. The number of nitrogens with zero attached hydrogens (tertiary/aromatic N) is 2. The third-order valence-electron chi connectivity index (χ3n) is 5.74. The van der Waals surface area contributed by atoms with Crippen LogP contribution < -0.4 is 10.1 Å². The number of hydrogen-bond acceptors (Lipinski definition) is 5. The number of fused-ring (bicyclic) bond motifs is 3. The number of anilines is 1. The lowest BCUT2D eigenvalue weighted by atomic mass is 9.83. The molecule has 5 rings (SSSR count). The molecular formula is C26H21N3O4. The number of rotatable bonds is 5. The first-order chi connectivity index (χ1) is 16.0. The lowest BCUT2D eigenvalue weighted by Gasteiger charge is -2.20. The summed E-state index contributed by atoms with van der Waals surface area (Å²) in [5.74, 6) is -0.353. The number of carbonyl (C=O) groups excluding carboxylic acids is 3. The SMILES string of the molecule is CCOc1cccn2c(C(=O)Nc3cccc4c3C(=O)c3ccccc3C4=O)c(CC)nc12. The molecule has 0 atom stereocenters. The van der Waals surface area contributed by atoms with E-state index < -0.39 is 5.91 Å². The van der Waals surface area contributed by atoms with Crippen LogP contribution in [0.5, 0.6) is 5.75 Å². The van der Waals surface area contributed by atoms with E-state index in [1.165, 1.54) is 0 Å². The van der Waals surface area contributed by atoms with E-state index in [-0.39, 0.29) is 22.7 Å². The number of aromatic nitrogens is 2. The topological polar surface area (TPSA) is 89.8 Å². The van der Waals surface area contributed by atoms with Gasteiger partial charge in [0.15, 0.2) is 23.0 Å². The maximum Gasteiger partial charge on any atom is 0.274 e. The number of ether oxygens (including phenoxy) is 1. The Morgan fingerprint density at radius 2 is 1.67 bits per heavy atom. The normalized spacial score (nSPS) is 12.4. The molecule has 7 heteroatoms. The summed E-state index contributed by atoms with van der Waals surface area (Å²) in [6.07, 6.45) is 2.29. The second-order valence-corrected chi connectivity index (χ2v) is 7.65. The van der Waals surface area contributed by atoms with Crippen molar-refractivity contribution >= 4 is 28.8 Å². The van der Waals surface area contributed by atoms with E-state index in [1.807, 2.05) is 19.9 Å². The van der Waals surface area contributed by atoms with Crippen molar-refractivity contribution in [2.75, 3.05) is 11.9 Å². The number of benzene rings is 2. The highest BCUT2D eigenvalue weighted by Crippen LogP contribution is 2.32. The van der Waals surface area contributed by atoms with Crippen molar-refractivity contribution in [3.05, 3.63) is 94.4 Å². The molecule has 0 fully saturated rings. The van der Waals surface area contributed by atoms with Crippen molar-refractivity contribution in [3.8, 4) is 5.75 Å². The second-order valence-electron chi connectivity index (χ2n) is 7.65. The van der Waals surface area contributed by atoms with Gasteiger partial charge in [-0.05, 0) is 31.5 Å². The molecule has 1 N–H and O–H groups in total. The predicted octanol–water partition coefficient (Wildman–Crippen LogP) is 4.32. The Labute approximate surface area is 190 Å². The smallest absolute Gasteiger partial charge is 0.274 e. The number of pyridine rings is 1. The highest BCUT2D eigenvalue weighted by Gasteiger charge is 2.32. The van der Waals surface area contributed by atoms with Crippen molar-refractivity contribution in [1.82, 2.24) is 9.38 Å². The quantitative estimate of drug-likeness (QED) is 0.440. The minimum Gasteiger partial charge on any atom is -0.490 e. The molecule has 0 saturated heterocycles. The molecule has 33 heavy (non-hydrogen) atoms. The standard InChI is InChI=1S/C26H21N3O4/c1-3-18-22(29-14-8-13-20(33-4-2)25(29)27-18)26(32)28-19-12-7-11-17-21(19)24(31)16-10-6-5-9-15(16)23(17)30/h5-14H,3-4H2,1-2H3,(H,28,32). The van der Waals surface area contributed by atoms with E-state index in [4.69, 9.17) is 4.74 Å². The highest BCUT2D eigenvalue weighted by atomic mass is 16.5. The first kappa shape index (κ1) is 20.6. The number of nitrogens with one attached hydrogen (secondary N) is 1. The summed E-state index contributed by atoms with van der Waals surface area (Å²) in [6.45, 7) is 4.28. The fourth-order valence-corrected chi connectivity index (χ4v) is 4.28. The molecule has 164 valence electrons. The minimum absolute atomic E-state index is 0.205. The van der Waals surface area contributed by atoms with Crippen molar-refractivity contribution in [3.63, 3.8) is 0 Å². The number of hydrogen-bond donors (Lipinski definition) is 1. The van der Waals surface area contributed by atoms with E-state index in [1.54, 1.807) is 59.1 Å². The van der Waals surface area contributed by atoms with Crippen molar-refractivity contribution in [2.45, 2.75) is 20.3 Å². The Balaban J connectivity index is 1.59. The van der Waals surface area contributed by atoms with Crippen molar-refractivity contribution in [2.24, 2.45) is 0 Å². The second kappa shape index (κ2) is 8.02. The van der Waals surface area contributed by atoms with Crippen LogP contribution in [0.15, 0.2) is 60.8 Å². The van der Waals surface area contributed by atoms with Gasteiger partial charge in [-0.3, -0.25) is 18.8 Å². The molecule has 0 radical (unpaired) electrons. The van der Waals surface area contributed by atoms with Crippen LogP contribution in [-0.2, 0) is 6.42 Å². The first-order valence-electron chi connectivity index (χ1n) is 10.8. The van der Waals surface area contributed by atoms with Crippen molar-refractivity contribution < 1.29 is 19.1 Å². The van der Waals surface area contributed by atoms with Crippen LogP contribution in [0.2, 0.25) is 0 Å². The van der Waals surface area contributed by atoms with Gasteiger partial charge in [0, 0.05) is 22.9 Å². The summed E-state index contributed by atoms with van der Waals surface area (Å²) in [5, 5.41) is 2.86. The zero-order valence-corrected chi connectivity index (χ0v) is 18.2. The molecule has 2 heterocycles. The summed E-state index contributed by atoms with van der Waals surface area (Å²) in [4.78, 5) is 44.3. The summed E-state index contributed by atoms with van der Waals surface area (Å²) in [5.41, 5.74) is 3.01. The van der Waals surface area contributed by atoms with Gasteiger partial charge >= 0.3 is 0 Å². The number of ketones is 2. The Bertz CT molecular complexity index is 1450. The molecule has 0 spiro atoms. The maximum absolute atomic E-state index is 13.4. The van der Waals surface area contributed by atoms with E-state index in [2.05, 4.69) is 10.3 Å². The fraction of sp³-hybridized carbons (Fsp3) is 0.154. The summed E-state index contributed by atoms with van der Waals surface area (Å²) >= 11 is 0. The lowest BCUT2D eigenvalue weighted by molar-refractivity contribution is 0.0978. The van der Waals surface area contributed by atoms with Gasteiger partial charge in [-0.25, -0.2) is 4.98 Å². The molecule has 2 aromatic heterocycles. The Hall–Kier alpha value is -4.26. The monoisotopic (exact) mass is 439 g/mol. The van der Waals surface area contributed by atoms with Gasteiger partial charge in [-0.1, -0.05) is 43.3 Å². The van der Waals surface area contributed by atoms with Gasteiger partial charge in [0.2, 0.25) is 0 Å². The van der Waals surface area contributed by atoms with Crippen LogP contribution in [0.4, 0.5) is 5.69 Å². The molecule has 1 amide bonds. The number of carbonyl (C=O) groups is 3. The summed E-state index contributed by atoms with van der Waals surface area (Å²) in [7, 11) is 0. The van der Waals surface area contributed by atoms with Gasteiger partial charge < -0.3 is 10.1 Å². The van der Waals surface area contributed by atoms with Crippen LogP contribution in [-0.4, -0.2) is 33.5 Å². The van der Waals surface area contributed by atoms with Gasteiger partial charge in [-0.15, -0.1) is 0 Å². The molecular weight excluding hydrogens is 418 g/mol. The Morgan fingerprint density at radius 1 is 0.939 bits per heavy atom. The van der Waals surface area contributed by atoms with Gasteiger partial charge in [0.1, 0.15) is 5.69 Å². The van der Waals surface area contributed by atoms with Gasteiger partial charge in [0.25, 0.3) is 5.91 Å². The van der Waals surface area contributed by atoms with E-state index in [0.29, 0.717) is 52.6 Å². The maximum atomic E-state index is 13.4. The van der Waals surface area contributed by atoms with E-state index >= 15 is 0 Å². The molecule has 0 unspecified atom stereocenters. The highest BCUT2D eigenvalue weighted by molar-refractivity contribution is 6.30. The molecule has 2 aromatic carbocycles. The van der Waals surface area contributed by atoms with Crippen LogP contribution in [0.25, 0.3) is 5.65 Å². The molecule has 1 aliphatic carbocycles. The van der Waals surface area contributed by atoms with Crippen molar-refractivity contribution in [1.29, 1.82) is 0 Å². The first-order valence-corrected chi connectivity index (χ1v) is 10.8. The molecule has 0 saturated carbocycles. The zero-order chi connectivity index (χ0) is 23.1. The number of amides is 1. The predicted molar refractivity (Wildman–Crippen MR) is 123 cm³/mol. The largest absolute Gasteiger partial charge is 0.490 e. The number of aryl methyl sites for hydroxylation is 1. The average Bonchev–Trinajstić information content (AvgIpc) is 3.22. The summed E-state index contributed by atoms with van der Waals surface area (Å²) < 4.78 is 7.36. The van der Waals surface area contributed by atoms with Gasteiger partial charge in [-0.2, -0.15) is 0 Å².